The van der Waals surface area contributed by atoms with Gasteiger partial charge in [0.25, 0.3) is 5.91 Å². The van der Waals surface area contributed by atoms with Crippen molar-refractivity contribution >= 4 is 50.5 Å². The van der Waals surface area contributed by atoms with Gasteiger partial charge >= 0.3 is 6.03 Å². The Morgan fingerprint density at radius 3 is 2.80 bits per heavy atom. The van der Waals surface area contributed by atoms with Crippen LogP contribution >= 0.6 is 38.6 Å². The lowest BCUT2D eigenvalue weighted by atomic mass is 10.0. The molecule has 0 spiro atoms. The van der Waals surface area contributed by atoms with E-state index in [0.717, 1.165) is 14.2 Å². The number of carbonyl (C=O) groups is 2. The fourth-order valence-electron chi connectivity index (χ4n) is 2.18. The van der Waals surface area contributed by atoms with Gasteiger partial charge in [-0.1, -0.05) is 6.07 Å². The van der Waals surface area contributed by atoms with E-state index < -0.39 is 5.54 Å². The third-order valence-electron chi connectivity index (χ3n) is 3.25. The van der Waals surface area contributed by atoms with Gasteiger partial charge in [0, 0.05) is 4.88 Å². The molecule has 2 aromatic heterocycles. The maximum absolute atomic E-state index is 12.6. The number of carbonyl (C=O) groups excluding carboxylic acids is 2. The van der Waals surface area contributed by atoms with E-state index in [4.69, 9.17) is 0 Å². The van der Waals surface area contributed by atoms with Gasteiger partial charge in [-0.25, -0.2) is 4.79 Å². The lowest BCUT2D eigenvalue weighted by Gasteiger charge is -2.19. The first-order valence-corrected chi connectivity index (χ1v) is 8.47. The summed E-state index contributed by atoms with van der Waals surface area (Å²) in [6, 6.07) is 5.33. The maximum atomic E-state index is 12.6. The summed E-state index contributed by atoms with van der Waals surface area (Å²) in [7, 11) is 0. The Balaban J connectivity index is 1.87. The molecular weight excluding hydrogens is 360 g/mol. The lowest BCUT2D eigenvalue weighted by molar-refractivity contribution is -0.131. The molecule has 2 aromatic rings. The number of amides is 3. The van der Waals surface area contributed by atoms with Crippen molar-refractivity contribution < 1.29 is 9.59 Å². The normalized spacial score (nSPS) is 22.4. The van der Waals surface area contributed by atoms with Crippen molar-refractivity contribution in [1.29, 1.82) is 0 Å². The highest BCUT2D eigenvalue weighted by molar-refractivity contribution is 9.11. The summed E-state index contributed by atoms with van der Waals surface area (Å²) in [5, 5.41) is 6.64. The smallest absolute Gasteiger partial charge is 0.319 e. The standard InChI is InChI=1S/C13H11BrN2O2S2/c1-13(9-3-2-4-19-9)11(17)16(12(18)15-13)6-8-5-10(14)20-7-8/h2-5,7H,6H2,1H3,(H,15,18). The summed E-state index contributed by atoms with van der Waals surface area (Å²) < 4.78 is 0.987. The second-order valence-corrected chi connectivity index (χ2v) is 7.92. The summed E-state index contributed by atoms with van der Waals surface area (Å²) in [5.74, 6) is -0.202. The first-order valence-electron chi connectivity index (χ1n) is 5.92. The van der Waals surface area contributed by atoms with Crippen LogP contribution in [0.15, 0.2) is 32.7 Å². The molecule has 3 heterocycles. The second kappa shape index (κ2) is 4.98. The van der Waals surface area contributed by atoms with Crippen molar-refractivity contribution in [3.8, 4) is 0 Å². The van der Waals surface area contributed by atoms with Crippen molar-refractivity contribution in [2.45, 2.75) is 19.0 Å². The summed E-state index contributed by atoms with van der Waals surface area (Å²) >= 11 is 6.39. The molecule has 0 aliphatic carbocycles. The van der Waals surface area contributed by atoms with Gasteiger partial charge in [0.05, 0.1) is 10.3 Å². The predicted octanol–water partition coefficient (Wildman–Crippen LogP) is 3.54. The summed E-state index contributed by atoms with van der Waals surface area (Å²) in [5.41, 5.74) is -0.000740. The number of nitrogens with one attached hydrogen (secondary N) is 1. The lowest BCUT2D eigenvalue weighted by Crippen LogP contribution is -2.40. The van der Waals surface area contributed by atoms with Crippen LogP contribution in [-0.4, -0.2) is 16.8 Å². The van der Waals surface area contributed by atoms with E-state index in [2.05, 4.69) is 21.2 Å². The summed E-state index contributed by atoms with van der Waals surface area (Å²) in [6.07, 6.45) is 0. The average molecular weight is 371 g/mol. The molecule has 1 aliphatic rings. The largest absolute Gasteiger partial charge is 0.325 e. The molecule has 0 radical (unpaired) electrons. The zero-order valence-corrected chi connectivity index (χ0v) is 13.8. The van der Waals surface area contributed by atoms with Crippen molar-refractivity contribution in [3.63, 3.8) is 0 Å². The van der Waals surface area contributed by atoms with Gasteiger partial charge < -0.3 is 5.32 Å². The number of thiophene rings is 2. The minimum absolute atomic E-state index is 0.202. The first-order chi connectivity index (χ1) is 9.50. The van der Waals surface area contributed by atoms with E-state index >= 15 is 0 Å². The number of imide groups is 1. The van der Waals surface area contributed by atoms with E-state index in [1.54, 1.807) is 6.92 Å². The van der Waals surface area contributed by atoms with Crippen LogP contribution < -0.4 is 5.32 Å². The molecule has 3 amide bonds. The Bertz CT molecular complexity index is 668. The van der Waals surface area contributed by atoms with Crippen molar-refractivity contribution in [2.75, 3.05) is 0 Å². The molecule has 20 heavy (non-hydrogen) atoms. The van der Waals surface area contributed by atoms with Crippen LogP contribution in [0, 0.1) is 0 Å². The molecule has 4 nitrogen and oxygen atoms in total. The number of hydrogen-bond acceptors (Lipinski definition) is 4. The minimum Gasteiger partial charge on any atom is -0.319 e. The number of nitrogens with zero attached hydrogens (tertiary/aromatic N) is 1. The van der Waals surface area contributed by atoms with Gasteiger partial charge in [-0.15, -0.1) is 22.7 Å². The number of urea groups is 1. The maximum Gasteiger partial charge on any atom is 0.325 e. The fourth-order valence-corrected chi connectivity index (χ4v) is 4.22. The zero-order valence-electron chi connectivity index (χ0n) is 10.6. The molecule has 1 unspecified atom stereocenters. The van der Waals surface area contributed by atoms with E-state index in [1.165, 1.54) is 27.6 Å². The molecule has 0 saturated carbocycles. The number of halogens is 1. The molecule has 1 aliphatic heterocycles. The molecule has 1 atom stereocenters. The molecule has 1 saturated heterocycles. The molecule has 0 bridgehead atoms. The van der Waals surface area contributed by atoms with Crippen LogP contribution in [0.1, 0.15) is 17.4 Å². The molecule has 1 fully saturated rings. The second-order valence-electron chi connectivity index (χ2n) is 4.68. The van der Waals surface area contributed by atoms with Crippen molar-refractivity contribution in [2.24, 2.45) is 0 Å². The fraction of sp³-hybridized carbons (Fsp3) is 0.231. The summed E-state index contributed by atoms with van der Waals surface area (Å²) in [6.45, 7) is 2.05. The molecular formula is C13H11BrN2O2S2. The third-order valence-corrected chi connectivity index (χ3v) is 5.90. The zero-order chi connectivity index (χ0) is 14.3. The van der Waals surface area contributed by atoms with Gasteiger partial charge in [0.1, 0.15) is 0 Å². The number of rotatable bonds is 3. The Kier molecular flexibility index (Phi) is 3.43. The summed E-state index contributed by atoms with van der Waals surface area (Å²) in [4.78, 5) is 26.8. The molecule has 104 valence electrons. The highest BCUT2D eigenvalue weighted by Crippen LogP contribution is 2.33. The van der Waals surface area contributed by atoms with Crippen molar-refractivity contribution in [3.05, 3.63) is 43.2 Å². The van der Waals surface area contributed by atoms with Crippen LogP contribution in [-0.2, 0) is 16.9 Å². The Morgan fingerprint density at radius 1 is 1.40 bits per heavy atom. The SMILES string of the molecule is CC1(c2cccs2)NC(=O)N(Cc2csc(Br)c2)C1=O. The Hall–Kier alpha value is -1.18. The molecule has 0 aromatic carbocycles. The molecule has 1 N–H and O–H groups in total. The van der Waals surface area contributed by atoms with Crippen LogP contribution in [0.4, 0.5) is 4.79 Å². The predicted molar refractivity (Wildman–Crippen MR) is 82.8 cm³/mol. The first kappa shape index (κ1) is 13.8. The van der Waals surface area contributed by atoms with Crippen LogP contribution in [0.3, 0.4) is 0 Å². The third kappa shape index (κ3) is 2.19. The van der Waals surface area contributed by atoms with Gasteiger partial charge in [-0.3, -0.25) is 9.69 Å². The Labute approximate surface area is 132 Å². The highest BCUT2D eigenvalue weighted by Gasteiger charge is 2.49. The minimum atomic E-state index is -0.946. The quantitative estimate of drug-likeness (QED) is 0.839. The topological polar surface area (TPSA) is 49.4 Å². The van der Waals surface area contributed by atoms with E-state index in [-0.39, 0.29) is 11.9 Å². The van der Waals surface area contributed by atoms with Crippen LogP contribution in [0.2, 0.25) is 0 Å². The van der Waals surface area contributed by atoms with E-state index in [0.29, 0.717) is 6.54 Å². The molecule has 7 heteroatoms. The van der Waals surface area contributed by atoms with E-state index in [1.807, 2.05) is 29.0 Å². The van der Waals surface area contributed by atoms with E-state index in [9.17, 15) is 9.59 Å². The van der Waals surface area contributed by atoms with Gasteiger partial charge in [-0.05, 0) is 51.3 Å². The van der Waals surface area contributed by atoms with Gasteiger partial charge in [0.2, 0.25) is 0 Å². The van der Waals surface area contributed by atoms with Gasteiger partial charge in [0.15, 0.2) is 5.54 Å². The Morgan fingerprint density at radius 2 is 2.20 bits per heavy atom. The number of hydrogen-bond donors (Lipinski definition) is 1. The monoisotopic (exact) mass is 370 g/mol. The average Bonchev–Trinajstić information content (AvgIpc) is 3.09. The molecule has 3 rings (SSSR count). The highest BCUT2D eigenvalue weighted by atomic mass is 79.9. The van der Waals surface area contributed by atoms with Crippen molar-refractivity contribution in [1.82, 2.24) is 10.2 Å². The van der Waals surface area contributed by atoms with Crippen LogP contribution in [0.5, 0.6) is 0 Å². The van der Waals surface area contributed by atoms with Crippen LogP contribution in [0.25, 0.3) is 0 Å². The van der Waals surface area contributed by atoms with Gasteiger partial charge in [-0.2, -0.15) is 0 Å².